The molecule has 4 atom stereocenters. The molecule has 0 saturated carbocycles. The Morgan fingerprint density at radius 2 is 1.96 bits per heavy atom. The fourth-order valence-corrected chi connectivity index (χ4v) is 7.41. The summed E-state index contributed by atoms with van der Waals surface area (Å²) in [7, 11) is -3.83. The van der Waals surface area contributed by atoms with Crippen molar-refractivity contribution < 1.29 is 37.4 Å². The second-order valence-electron chi connectivity index (χ2n) is 12.6. The Hall–Kier alpha value is -3.27. The van der Waals surface area contributed by atoms with Gasteiger partial charge in [-0.25, -0.2) is 19.4 Å². The zero-order valence-corrected chi connectivity index (χ0v) is 30.6. The lowest BCUT2D eigenvalue weighted by atomic mass is 9.91. The summed E-state index contributed by atoms with van der Waals surface area (Å²) in [6.45, 7) is 12.0. The zero-order valence-electron chi connectivity index (χ0n) is 28.9. The van der Waals surface area contributed by atoms with Gasteiger partial charge in [0.15, 0.2) is 16.3 Å². The minimum absolute atomic E-state index is 0.000608. The number of thioether (sulfide) groups is 1. The molecule has 1 fully saturated rings. The van der Waals surface area contributed by atoms with Crippen molar-refractivity contribution in [3.63, 3.8) is 0 Å². The topological polar surface area (TPSA) is 191 Å². The largest absolute Gasteiger partial charge is 0.476 e. The van der Waals surface area contributed by atoms with E-state index < -0.39 is 31.6 Å². The number of benzene rings is 1. The average molecular weight is 722 g/mol. The summed E-state index contributed by atoms with van der Waals surface area (Å²) in [6, 6.07) is 9.48. The SMILES string of the molecule is CCOc1nc(N)nc2c1ncn2C1OC(COP(=O)(NCc2ccccc2)OCCSC(=O)C(C)(C)CCNC(=O)OC(C)C)CC1C. The van der Waals surface area contributed by atoms with Gasteiger partial charge in [0.05, 0.1) is 38.4 Å². The number of hydrogen-bond donors (Lipinski definition) is 3. The van der Waals surface area contributed by atoms with E-state index in [2.05, 4.69) is 25.4 Å². The predicted octanol–water partition coefficient (Wildman–Crippen LogP) is 5.47. The molecule has 1 aliphatic heterocycles. The molecule has 3 aromatic rings. The third-order valence-corrected chi connectivity index (χ3v) is 10.4. The molecule has 2 aromatic heterocycles. The van der Waals surface area contributed by atoms with Crippen LogP contribution < -0.4 is 20.9 Å². The van der Waals surface area contributed by atoms with Crippen molar-refractivity contribution in [2.45, 2.75) is 79.4 Å². The van der Waals surface area contributed by atoms with Crippen LogP contribution in [0.1, 0.15) is 66.2 Å². The smallest absolute Gasteiger partial charge is 0.407 e. The van der Waals surface area contributed by atoms with E-state index in [1.165, 1.54) is 0 Å². The van der Waals surface area contributed by atoms with Gasteiger partial charge in [-0.1, -0.05) is 62.9 Å². The van der Waals surface area contributed by atoms with E-state index in [-0.39, 0.29) is 48.6 Å². The molecule has 4 unspecified atom stereocenters. The fourth-order valence-electron chi connectivity index (χ4n) is 5.11. The van der Waals surface area contributed by atoms with Crippen LogP contribution in [-0.4, -0.2) is 75.1 Å². The van der Waals surface area contributed by atoms with Crippen LogP contribution in [0.4, 0.5) is 10.7 Å². The van der Waals surface area contributed by atoms with Crippen molar-refractivity contribution in [3.8, 4) is 5.88 Å². The third kappa shape index (κ3) is 11.1. The van der Waals surface area contributed by atoms with Crippen LogP contribution in [0.2, 0.25) is 0 Å². The van der Waals surface area contributed by atoms with Crippen molar-refractivity contribution in [1.82, 2.24) is 29.9 Å². The number of alkyl carbamates (subject to hydrolysis) is 1. The number of anilines is 1. The molecule has 1 aliphatic rings. The lowest BCUT2D eigenvalue weighted by Crippen LogP contribution is -2.32. The summed E-state index contributed by atoms with van der Waals surface area (Å²) < 4.78 is 44.5. The van der Waals surface area contributed by atoms with Crippen molar-refractivity contribution in [1.29, 1.82) is 0 Å². The summed E-state index contributed by atoms with van der Waals surface area (Å²) in [5.74, 6) is 0.667. The third-order valence-electron chi connectivity index (χ3n) is 7.66. The molecule has 0 bridgehead atoms. The molecule has 1 amide bonds. The Morgan fingerprint density at radius 3 is 2.67 bits per heavy atom. The number of ether oxygens (including phenoxy) is 3. The van der Waals surface area contributed by atoms with E-state index >= 15 is 0 Å². The summed E-state index contributed by atoms with van der Waals surface area (Å²) in [5.41, 5.74) is 7.11. The first-order valence-electron chi connectivity index (χ1n) is 16.4. The first kappa shape index (κ1) is 38.5. The molecule has 270 valence electrons. The number of nitrogen functional groups attached to an aromatic ring is 1. The Kier molecular flexibility index (Phi) is 13.8. The number of carbonyl (C=O) groups is 2. The number of amides is 1. The number of fused-ring (bicyclic) bond motifs is 1. The second-order valence-corrected chi connectivity index (χ2v) is 15.5. The molecular weight excluding hydrogens is 673 g/mol. The number of carbonyl (C=O) groups excluding carboxylic acids is 2. The zero-order chi connectivity index (χ0) is 35.6. The maximum atomic E-state index is 14.0. The van der Waals surface area contributed by atoms with Gasteiger partial charge >= 0.3 is 13.8 Å². The number of nitrogens with two attached hydrogens (primary N) is 1. The number of rotatable bonds is 18. The highest BCUT2D eigenvalue weighted by Crippen LogP contribution is 2.46. The lowest BCUT2D eigenvalue weighted by molar-refractivity contribution is -0.118. The molecule has 3 heterocycles. The molecular formula is C32H48N7O8PS. The number of imidazole rings is 1. The van der Waals surface area contributed by atoms with E-state index in [1.54, 1.807) is 24.7 Å². The predicted molar refractivity (Wildman–Crippen MR) is 187 cm³/mol. The van der Waals surface area contributed by atoms with E-state index in [0.717, 1.165) is 17.3 Å². The van der Waals surface area contributed by atoms with Crippen molar-refractivity contribution in [3.05, 3.63) is 42.2 Å². The molecule has 1 saturated heterocycles. The summed E-state index contributed by atoms with van der Waals surface area (Å²) >= 11 is 1.08. The highest BCUT2D eigenvalue weighted by Gasteiger charge is 2.37. The number of nitrogens with zero attached hydrogens (tertiary/aromatic N) is 4. The molecule has 0 radical (unpaired) electrons. The van der Waals surface area contributed by atoms with Gasteiger partial charge in [0.25, 0.3) is 0 Å². The Balaban J connectivity index is 1.33. The van der Waals surface area contributed by atoms with Gasteiger partial charge in [0, 0.05) is 30.2 Å². The molecule has 4 rings (SSSR count). The maximum absolute atomic E-state index is 14.0. The number of hydrogen-bond acceptors (Lipinski definition) is 13. The highest BCUT2D eigenvalue weighted by atomic mass is 32.2. The van der Waals surface area contributed by atoms with Gasteiger partial charge in [-0.3, -0.25) is 18.4 Å². The average Bonchev–Trinajstić information content (AvgIpc) is 3.64. The number of aromatic nitrogens is 4. The van der Waals surface area contributed by atoms with Crippen LogP contribution in [0.5, 0.6) is 5.88 Å². The first-order chi connectivity index (χ1) is 23.3. The molecule has 15 nitrogen and oxygen atoms in total. The van der Waals surface area contributed by atoms with Gasteiger partial charge in [-0.05, 0) is 39.2 Å². The molecule has 1 aromatic carbocycles. The highest BCUT2D eigenvalue weighted by molar-refractivity contribution is 8.13. The van der Waals surface area contributed by atoms with E-state index in [1.807, 2.05) is 58.0 Å². The van der Waals surface area contributed by atoms with E-state index in [4.69, 9.17) is 29.0 Å². The van der Waals surface area contributed by atoms with Crippen molar-refractivity contribution >= 4 is 47.8 Å². The first-order valence-corrected chi connectivity index (χ1v) is 18.9. The Morgan fingerprint density at radius 1 is 1.20 bits per heavy atom. The van der Waals surface area contributed by atoms with Crippen LogP contribution in [0.15, 0.2) is 36.7 Å². The van der Waals surface area contributed by atoms with Gasteiger partial charge in [0.2, 0.25) is 11.8 Å². The van der Waals surface area contributed by atoms with Crippen LogP contribution in [-0.2, 0) is 34.4 Å². The minimum Gasteiger partial charge on any atom is -0.476 e. The summed E-state index contributed by atoms with van der Waals surface area (Å²) in [4.78, 5) is 37.7. The molecule has 49 heavy (non-hydrogen) atoms. The Labute approximate surface area is 291 Å². The van der Waals surface area contributed by atoms with Gasteiger partial charge in [-0.15, -0.1) is 0 Å². The molecule has 0 spiro atoms. The Bertz CT molecular complexity index is 1590. The summed E-state index contributed by atoms with van der Waals surface area (Å²) in [5, 5.41) is 5.55. The van der Waals surface area contributed by atoms with Crippen molar-refractivity contribution in [2.24, 2.45) is 11.3 Å². The van der Waals surface area contributed by atoms with Gasteiger partial charge in [-0.2, -0.15) is 9.97 Å². The molecule has 0 aliphatic carbocycles. The van der Waals surface area contributed by atoms with E-state index in [9.17, 15) is 14.2 Å². The van der Waals surface area contributed by atoms with E-state index in [0.29, 0.717) is 43.0 Å². The van der Waals surface area contributed by atoms with Crippen LogP contribution in [0.25, 0.3) is 11.2 Å². The number of nitrogens with one attached hydrogen (secondary N) is 2. The summed E-state index contributed by atoms with van der Waals surface area (Å²) in [6.07, 6.45) is 1.09. The lowest BCUT2D eigenvalue weighted by Gasteiger charge is -2.23. The minimum atomic E-state index is -3.83. The fraction of sp³-hybridized carbons (Fsp3) is 0.594. The normalized spacial score (nSPS) is 19.2. The molecule has 17 heteroatoms. The molecule has 4 N–H and O–H groups in total. The van der Waals surface area contributed by atoms with Crippen LogP contribution in [0, 0.1) is 11.3 Å². The quantitative estimate of drug-likeness (QED) is 0.111. The monoisotopic (exact) mass is 721 g/mol. The standard InChI is InChI=1S/C32H48N7O8PS/c1-7-43-27-25-26(37-30(33)38-27)39(20-35-25)28-22(4)17-24(47-28)19-45-48(42,36-18-23-11-9-8-10-12-23)44-15-16-49-29(40)32(5,6)13-14-34-31(41)46-21(2)3/h8-12,20-22,24,28H,7,13-19H2,1-6H3,(H,34,41)(H,36,42)(H2,33,37,38). The van der Waals surface area contributed by atoms with Gasteiger partial charge in [0.1, 0.15) is 6.23 Å². The maximum Gasteiger partial charge on any atom is 0.407 e. The van der Waals surface area contributed by atoms with Crippen LogP contribution >= 0.6 is 19.5 Å². The van der Waals surface area contributed by atoms with Crippen molar-refractivity contribution in [2.75, 3.05) is 37.9 Å². The van der Waals surface area contributed by atoms with Gasteiger partial charge < -0.3 is 25.3 Å². The van der Waals surface area contributed by atoms with Crippen LogP contribution in [0.3, 0.4) is 0 Å². The second kappa shape index (κ2) is 17.6.